The average Bonchev–Trinajstić information content (AvgIpc) is 2.21. The predicted octanol–water partition coefficient (Wildman–Crippen LogP) is 5.17. The zero-order valence-electron chi connectivity index (χ0n) is 12.8. The fraction of sp³-hybridized carbons (Fsp3) is 1.00. The standard InChI is InChI=1S/C16H34O/c1-6-7-8-9-10-11-12-15(17)13-14(2)16(3,4)5/h14-15,17H,6-13H2,1-5H3. The van der Waals surface area contributed by atoms with E-state index in [0.717, 1.165) is 12.8 Å². The zero-order chi connectivity index (χ0) is 13.3. The third-order valence-electron chi connectivity index (χ3n) is 3.99. The molecule has 1 N–H and O–H groups in total. The summed E-state index contributed by atoms with van der Waals surface area (Å²) in [5, 5.41) is 9.99. The SMILES string of the molecule is CCCCCCCCC(O)CC(C)C(C)(C)C. The van der Waals surface area contributed by atoms with E-state index < -0.39 is 0 Å². The summed E-state index contributed by atoms with van der Waals surface area (Å²) in [5.74, 6) is 0.595. The van der Waals surface area contributed by atoms with Crippen LogP contribution in [0.25, 0.3) is 0 Å². The molecule has 1 heteroatoms. The second kappa shape index (κ2) is 8.97. The molecule has 0 aliphatic heterocycles. The monoisotopic (exact) mass is 242 g/mol. The summed E-state index contributed by atoms with van der Waals surface area (Å²) in [6.07, 6.45) is 9.74. The number of aliphatic hydroxyl groups is 1. The first-order chi connectivity index (χ1) is 7.88. The molecule has 0 aromatic heterocycles. The molecular formula is C16H34O. The van der Waals surface area contributed by atoms with Crippen LogP contribution >= 0.6 is 0 Å². The molecule has 0 saturated heterocycles. The van der Waals surface area contributed by atoms with Crippen LogP contribution in [0.5, 0.6) is 0 Å². The lowest BCUT2D eigenvalue weighted by Gasteiger charge is -2.29. The molecule has 17 heavy (non-hydrogen) atoms. The molecule has 0 spiro atoms. The summed E-state index contributed by atoms with van der Waals surface area (Å²) in [6, 6.07) is 0. The molecule has 0 radical (unpaired) electrons. The van der Waals surface area contributed by atoms with Crippen molar-refractivity contribution < 1.29 is 5.11 Å². The zero-order valence-corrected chi connectivity index (χ0v) is 12.8. The number of unbranched alkanes of at least 4 members (excludes halogenated alkanes) is 5. The van der Waals surface area contributed by atoms with Crippen molar-refractivity contribution >= 4 is 0 Å². The minimum absolute atomic E-state index is 0.0876. The summed E-state index contributed by atoms with van der Waals surface area (Å²) in [4.78, 5) is 0. The van der Waals surface area contributed by atoms with E-state index in [0.29, 0.717) is 11.3 Å². The topological polar surface area (TPSA) is 20.2 Å². The quantitative estimate of drug-likeness (QED) is 0.553. The van der Waals surface area contributed by atoms with Gasteiger partial charge in [0.1, 0.15) is 0 Å². The van der Waals surface area contributed by atoms with Crippen LogP contribution in [0.1, 0.15) is 86.0 Å². The summed E-state index contributed by atoms with van der Waals surface area (Å²) in [7, 11) is 0. The number of hydrogen-bond donors (Lipinski definition) is 1. The van der Waals surface area contributed by atoms with Gasteiger partial charge >= 0.3 is 0 Å². The molecule has 0 bridgehead atoms. The molecular weight excluding hydrogens is 208 g/mol. The van der Waals surface area contributed by atoms with Crippen LogP contribution in [-0.2, 0) is 0 Å². The molecule has 0 aliphatic carbocycles. The van der Waals surface area contributed by atoms with Crippen molar-refractivity contribution in [2.24, 2.45) is 11.3 Å². The Hall–Kier alpha value is -0.0400. The van der Waals surface area contributed by atoms with Gasteiger partial charge in [-0.3, -0.25) is 0 Å². The van der Waals surface area contributed by atoms with Crippen molar-refractivity contribution in [1.29, 1.82) is 0 Å². The molecule has 0 rings (SSSR count). The summed E-state index contributed by atoms with van der Waals surface area (Å²) in [5.41, 5.74) is 0.322. The predicted molar refractivity (Wildman–Crippen MR) is 77.2 cm³/mol. The van der Waals surface area contributed by atoms with Crippen molar-refractivity contribution in [3.8, 4) is 0 Å². The van der Waals surface area contributed by atoms with Crippen LogP contribution in [-0.4, -0.2) is 11.2 Å². The van der Waals surface area contributed by atoms with Crippen LogP contribution in [0.2, 0.25) is 0 Å². The highest BCUT2D eigenvalue weighted by atomic mass is 16.3. The van der Waals surface area contributed by atoms with Crippen LogP contribution in [0.4, 0.5) is 0 Å². The van der Waals surface area contributed by atoms with Gasteiger partial charge in [0.2, 0.25) is 0 Å². The third kappa shape index (κ3) is 9.64. The summed E-state index contributed by atoms with van der Waals surface area (Å²) >= 11 is 0. The summed E-state index contributed by atoms with van der Waals surface area (Å²) < 4.78 is 0. The molecule has 0 aromatic carbocycles. The average molecular weight is 242 g/mol. The lowest BCUT2D eigenvalue weighted by Crippen LogP contribution is -2.22. The smallest absolute Gasteiger partial charge is 0.0543 e. The Kier molecular flexibility index (Phi) is 8.94. The second-order valence-corrected chi connectivity index (χ2v) is 6.71. The van der Waals surface area contributed by atoms with Gasteiger partial charge in [-0.15, -0.1) is 0 Å². The van der Waals surface area contributed by atoms with E-state index in [1.807, 2.05) is 0 Å². The van der Waals surface area contributed by atoms with Crippen LogP contribution in [0, 0.1) is 11.3 Å². The number of hydrogen-bond acceptors (Lipinski definition) is 1. The van der Waals surface area contributed by atoms with Crippen molar-refractivity contribution in [2.75, 3.05) is 0 Å². The molecule has 0 amide bonds. The number of aliphatic hydroxyl groups excluding tert-OH is 1. The van der Waals surface area contributed by atoms with Gasteiger partial charge in [-0.25, -0.2) is 0 Å². The first-order valence-electron chi connectivity index (χ1n) is 7.56. The molecule has 1 nitrogen and oxygen atoms in total. The lowest BCUT2D eigenvalue weighted by molar-refractivity contribution is 0.101. The van der Waals surface area contributed by atoms with E-state index in [1.165, 1.54) is 38.5 Å². The van der Waals surface area contributed by atoms with Crippen LogP contribution in [0.15, 0.2) is 0 Å². The van der Waals surface area contributed by atoms with Gasteiger partial charge in [0.25, 0.3) is 0 Å². The van der Waals surface area contributed by atoms with Crippen molar-refractivity contribution in [2.45, 2.75) is 92.1 Å². The van der Waals surface area contributed by atoms with Crippen molar-refractivity contribution in [1.82, 2.24) is 0 Å². The minimum atomic E-state index is -0.0876. The molecule has 0 heterocycles. The Morgan fingerprint density at radius 3 is 2.00 bits per heavy atom. The van der Waals surface area contributed by atoms with Gasteiger partial charge in [0.15, 0.2) is 0 Å². The van der Waals surface area contributed by atoms with E-state index in [9.17, 15) is 5.11 Å². The Morgan fingerprint density at radius 1 is 0.941 bits per heavy atom. The van der Waals surface area contributed by atoms with Gasteiger partial charge in [-0.2, -0.15) is 0 Å². The lowest BCUT2D eigenvalue weighted by atomic mass is 9.78. The molecule has 0 aliphatic rings. The third-order valence-corrected chi connectivity index (χ3v) is 3.99. The van der Waals surface area contributed by atoms with E-state index in [4.69, 9.17) is 0 Å². The molecule has 104 valence electrons. The molecule has 0 aromatic rings. The van der Waals surface area contributed by atoms with E-state index in [2.05, 4.69) is 34.6 Å². The largest absolute Gasteiger partial charge is 0.393 e. The highest BCUT2D eigenvalue weighted by Crippen LogP contribution is 2.29. The van der Waals surface area contributed by atoms with E-state index >= 15 is 0 Å². The Morgan fingerprint density at radius 2 is 1.47 bits per heavy atom. The first kappa shape index (κ1) is 17.0. The fourth-order valence-electron chi connectivity index (χ4n) is 2.04. The normalized spacial score (nSPS) is 15.9. The van der Waals surface area contributed by atoms with Crippen LogP contribution < -0.4 is 0 Å². The second-order valence-electron chi connectivity index (χ2n) is 6.71. The highest BCUT2D eigenvalue weighted by molar-refractivity contribution is 4.73. The molecule has 2 atom stereocenters. The van der Waals surface area contributed by atoms with Crippen molar-refractivity contribution in [3.63, 3.8) is 0 Å². The van der Waals surface area contributed by atoms with Crippen molar-refractivity contribution in [3.05, 3.63) is 0 Å². The Bertz CT molecular complexity index is 169. The van der Waals surface area contributed by atoms with Gasteiger partial charge in [-0.05, 0) is 24.2 Å². The molecule has 0 saturated carbocycles. The number of rotatable bonds is 9. The van der Waals surface area contributed by atoms with Gasteiger partial charge in [0, 0.05) is 0 Å². The maximum Gasteiger partial charge on any atom is 0.0543 e. The maximum atomic E-state index is 9.99. The minimum Gasteiger partial charge on any atom is -0.393 e. The highest BCUT2D eigenvalue weighted by Gasteiger charge is 2.22. The maximum absolute atomic E-state index is 9.99. The van der Waals surface area contributed by atoms with E-state index in [1.54, 1.807) is 0 Å². The Labute approximate surface area is 109 Å². The van der Waals surface area contributed by atoms with Gasteiger partial charge in [-0.1, -0.05) is 73.1 Å². The van der Waals surface area contributed by atoms with Crippen LogP contribution in [0.3, 0.4) is 0 Å². The van der Waals surface area contributed by atoms with Gasteiger partial charge in [0.05, 0.1) is 6.10 Å². The first-order valence-corrected chi connectivity index (χ1v) is 7.56. The van der Waals surface area contributed by atoms with E-state index in [-0.39, 0.29) is 6.10 Å². The van der Waals surface area contributed by atoms with Gasteiger partial charge < -0.3 is 5.11 Å². The fourth-order valence-corrected chi connectivity index (χ4v) is 2.04. The summed E-state index contributed by atoms with van der Waals surface area (Å²) in [6.45, 7) is 11.3. The molecule has 2 unspecified atom stereocenters. The Balaban J connectivity index is 3.50. The molecule has 0 fully saturated rings.